The standard InChI is InChI=1S/C15H28N2O/c1-12-4-2-5-13(8-12)10-17-14(18)9-15(11-16)6-3-7-15/h12-13H,2-11,16H2,1H3,(H,17,18). The minimum Gasteiger partial charge on any atom is -0.356 e. The van der Waals surface area contributed by atoms with Crippen LogP contribution in [0.3, 0.4) is 0 Å². The fourth-order valence-electron chi connectivity index (χ4n) is 3.54. The summed E-state index contributed by atoms with van der Waals surface area (Å²) in [4.78, 5) is 12.0. The van der Waals surface area contributed by atoms with Gasteiger partial charge in [-0.25, -0.2) is 0 Å². The van der Waals surface area contributed by atoms with Crippen molar-refractivity contribution in [3.8, 4) is 0 Å². The van der Waals surface area contributed by atoms with Crippen molar-refractivity contribution < 1.29 is 4.79 Å². The topological polar surface area (TPSA) is 55.1 Å². The molecule has 0 heterocycles. The van der Waals surface area contributed by atoms with Gasteiger partial charge < -0.3 is 11.1 Å². The van der Waals surface area contributed by atoms with Crippen molar-refractivity contribution in [2.24, 2.45) is 23.0 Å². The Hall–Kier alpha value is -0.570. The highest BCUT2D eigenvalue weighted by Gasteiger charge is 2.37. The Morgan fingerprint density at radius 1 is 1.33 bits per heavy atom. The Morgan fingerprint density at radius 3 is 2.67 bits per heavy atom. The van der Waals surface area contributed by atoms with E-state index in [1.54, 1.807) is 0 Å². The van der Waals surface area contributed by atoms with Crippen LogP contribution in [0.15, 0.2) is 0 Å². The third-order valence-electron chi connectivity index (χ3n) is 5.02. The quantitative estimate of drug-likeness (QED) is 0.789. The number of hydrogen-bond donors (Lipinski definition) is 2. The molecular formula is C15H28N2O. The molecule has 3 nitrogen and oxygen atoms in total. The van der Waals surface area contributed by atoms with Gasteiger partial charge in [0.15, 0.2) is 0 Å². The lowest BCUT2D eigenvalue weighted by Gasteiger charge is -2.40. The van der Waals surface area contributed by atoms with Crippen molar-refractivity contribution in [2.45, 2.75) is 58.3 Å². The van der Waals surface area contributed by atoms with Gasteiger partial charge in [-0.15, -0.1) is 0 Å². The predicted octanol–water partition coefficient (Wildman–Crippen LogP) is 2.45. The second-order valence-corrected chi connectivity index (χ2v) is 6.68. The summed E-state index contributed by atoms with van der Waals surface area (Å²) < 4.78 is 0. The van der Waals surface area contributed by atoms with E-state index in [1.165, 1.54) is 32.1 Å². The molecule has 2 atom stereocenters. The van der Waals surface area contributed by atoms with Crippen LogP contribution in [-0.4, -0.2) is 19.0 Å². The van der Waals surface area contributed by atoms with Gasteiger partial charge >= 0.3 is 0 Å². The van der Waals surface area contributed by atoms with Gasteiger partial charge in [0.1, 0.15) is 0 Å². The zero-order valence-electron chi connectivity index (χ0n) is 11.7. The first-order chi connectivity index (χ1) is 8.63. The van der Waals surface area contributed by atoms with Crippen LogP contribution in [0.25, 0.3) is 0 Å². The summed E-state index contributed by atoms with van der Waals surface area (Å²) in [5, 5.41) is 3.14. The van der Waals surface area contributed by atoms with Gasteiger partial charge in [-0.05, 0) is 49.5 Å². The smallest absolute Gasteiger partial charge is 0.220 e. The normalized spacial score (nSPS) is 30.6. The number of amides is 1. The van der Waals surface area contributed by atoms with E-state index >= 15 is 0 Å². The van der Waals surface area contributed by atoms with Crippen LogP contribution in [0.1, 0.15) is 58.3 Å². The molecule has 1 amide bonds. The molecular weight excluding hydrogens is 224 g/mol. The molecule has 18 heavy (non-hydrogen) atoms. The molecule has 0 bridgehead atoms. The zero-order chi connectivity index (χ0) is 13.0. The minimum absolute atomic E-state index is 0.143. The molecule has 3 N–H and O–H groups in total. The van der Waals surface area contributed by atoms with Crippen LogP contribution in [0, 0.1) is 17.3 Å². The summed E-state index contributed by atoms with van der Waals surface area (Å²) in [5.74, 6) is 1.76. The van der Waals surface area contributed by atoms with Gasteiger partial charge in [0, 0.05) is 13.0 Å². The van der Waals surface area contributed by atoms with E-state index in [4.69, 9.17) is 5.73 Å². The first-order valence-electron chi connectivity index (χ1n) is 7.60. The van der Waals surface area contributed by atoms with E-state index in [0.29, 0.717) is 18.9 Å². The number of hydrogen-bond acceptors (Lipinski definition) is 2. The molecule has 2 saturated carbocycles. The second kappa shape index (κ2) is 6.05. The Labute approximate surface area is 111 Å². The Bertz CT molecular complexity index is 281. The molecule has 0 radical (unpaired) electrons. The van der Waals surface area contributed by atoms with Crippen molar-refractivity contribution in [1.82, 2.24) is 5.32 Å². The Kier molecular flexibility index (Phi) is 4.66. The van der Waals surface area contributed by atoms with Crippen LogP contribution in [0.4, 0.5) is 0 Å². The summed E-state index contributed by atoms with van der Waals surface area (Å²) in [6.07, 6.45) is 9.41. The molecule has 2 fully saturated rings. The highest BCUT2D eigenvalue weighted by Crippen LogP contribution is 2.42. The number of nitrogens with two attached hydrogens (primary N) is 1. The molecule has 2 aliphatic carbocycles. The monoisotopic (exact) mass is 252 g/mol. The van der Waals surface area contributed by atoms with E-state index in [1.807, 2.05) is 0 Å². The lowest BCUT2D eigenvalue weighted by Crippen LogP contribution is -2.42. The van der Waals surface area contributed by atoms with E-state index in [-0.39, 0.29) is 11.3 Å². The van der Waals surface area contributed by atoms with Gasteiger partial charge in [0.2, 0.25) is 5.91 Å². The molecule has 0 spiro atoms. The molecule has 2 aliphatic rings. The molecule has 0 aliphatic heterocycles. The first-order valence-corrected chi connectivity index (χ1v) is 7.60. The lowest BCUT2D eigenvalue weighted by atomic mass is 9.66. The molecule has 0 aromatic carbocycles. The molecule has 0 aromatic heterocycles. The van der Waals surface area contributed by atoms with Gasteiger partial charge in [0.05, 0.1) is 0 Å². The molecule has 0 aromatic rings. The van der Waals surface area contributed by atoms with Crippen LogP contribution >= 0.6 is 0 Å². The van der Waals surface area contributed by atoms with Gasteiger partial charge in [-0.2, -0.15) is 0 Å². The predicted molar refractivity (Wildman–Crippen MR) is 74.1 cm³/mol. The lowest BCUT2D eigenvalue weighted by molar-refractivity contribution is -0.125. The van der Waals surface area contributed by atoms with Crippen LogP contribution in [-0.2, 0) is 4.79 Å². The largest absolute Gasteiger partial charge is 0.356 e. The fraction of sp³-hybridized carbons (Fsp3) is 0.933. The maximum absolute atomic E-state index is 12.0. The molecule has 2 rings (SSSR count). The molecule has 0 saturated heterocycles. The molecule has 104 valence electrons. The van der Waals surface area contributed by atoms with E-state index < -0.39 is 0 Å². The molecule has 2 unspecified atom stereocenters. The van der Waals surface area contributed by atoms with Crippen molar-refractivity contribution in [2.75, 3.05) is 13.1 Å². The van der Waals surface area contributed by atoms with Crippen molar-refractivity contribution in [1.29, 1.82) is 0 Å². The maximum atomic E-state index is 12.0. The summed E-state index contributed by atoms with van der Waals surface area (Å²) in [7, 11) is 0. The van der Waals surface area contributed by atoms with Gasteiger partial charge in [0.25, 0.3) is 0 Å². The number of nitrogens with one attached hydrogen (secondary N) is 1. The maximum Gasteiger partial charge on any atom is 0.220 e. The van der Waals surface area contributed by atoms with Crippen LogP contribution in [0.2, 0.25) is 0 Å². The number of rotatable bonds is 5. The fourth-order valence-corrected chi connectivity index (χ4v) is 3.54. The van der Waals surface area contributed by atoms with Crippen LogP contribution < -0.4 is 11.1 Å². The number of carbonyl (C=O) groups excluding carboxylic acids is 1. The van der Waals surface area contributed by atoms with Gasteiger partial charge in [-0.3, -0.25) is 4.79 Å². The van der Waals surface area contributed by atoms with E-state index in [9.17, 15) is 4.79 Å². The first kappa shape index (κ1) is 13.9. The third-order valence-corrected chi connectivity index (χ3v) is 5.02. The summed E-state index contributed by atoms with van der Waals surface area (Å²) in [5.41, 5.74) is 5.94. The average Bonchev–Trinajstić information content (AvgIpc) is 2.31. The van der Waals surface area contributed by atoms with E-state index in [2.05, 4.69) is 12.2 Å². The summed E-state index contributed by atoms with van der Waals surface area (Å²) >= 11 is 0. The number of carbonyl (C=O) groups is 1. The van der Waals surface area contributed by atoms with Gasteiger partial charge in [-0.1, -0.05) is 26.2 Å². The SMILES string of the molecule is CC1CCCC(CNC(=O)CC2(CN)CCC2)C1. The van der Waals surface area contributed by atoms with Crippen molar-refractivity contribution >= 4 is 5.91 Å². The second-order valence-electron chi connectivity index (χ2n) is 6.68. The Balaban J connectivity index is 1.68. The molecule has 3 heteroatoms. The highest BCUT2D eigenvalue weighted by molar-refractivity contribution is 5.76. The van der Waals surface area contributed by atoms with Crippen LogP contribution in [0.5, 0.6) is 0 Å². The third kappa shape index (κ3) is 3.47. The van der Waals surface area contributed by atoms with Crippen molar-refractivity contribution in [3.05, 3.63) is 0 Å². The average molecular weight is 252 g/mol. The Morgan fingerprint density at radius 2 is 2.11 bits per heavy atom. The van der Waals surface area contributed by atoms with E-state index in [0.717, 1.165) is 25.3 Å². The zero-order valence-corrected chi connectivity index (χ0v) is 11.7. The summed E-state index contributed by atoms with van der Waals surface area (Å²) in [6.45, 7) is 3.87. The minimum atomic E-state index is 0.143. The van der Waals surface area contributed by atoms with Crippen molar-refractivity contribution in [3.63, 3.8) is 0 Å². The summed E-state index contributed by atoms with van der Waals surface area (Å²) in [6, 6.07) is 0. The highest BCUT2D eigenvalue weighted by atomic mass is 16.1.